The van der Waals surface area contributed by atoms with E-state index < -0.39 is 11.7 Å². The molecule has 3 atom stereocenters. The summed E-state index contributed by atoms with van der Waals surface area (Å²) in [4.78, 5) is 25.1. The Morgan fingerprint density at radius 2 is 1.83 bits per heavy atom. The fourth-order valence-corrected chi connectivity index (χ4v) is 5.10. The summed E-state index contributed by atoms with van der Waals surface area (Å²) in [5, 5.41) is 6.54. The zero-order chi connectivity index (χ0) is 25.9. The van der Waals surface area contributed by atoms with Crippen molar-refractivity contribution in [1.82, 2.24) is 10.6 Å². The zero-order valence-electron chi connectivity index (χ0n) is 22.8. The SMILES string of the molecule is CCCCCCNC[C@@H]1C[C@H]([C@@H](CNC(=O)OCc2ccccc2)CC(=O)OC(C)(C)C)C1(C)C. The molecule has 1 fully saturated rings. The molecule has 0 aromatic heterocycles. The van der Waals surface area contributed by atoms with Crippen LogP contribution in [-0.4, -0.2) is 37.3 Å². The van der Waals surface area contributed by atoms with Crippen LogP contribution in [0.15, 0.2) is 30.3 Å². The lowest BCUT2D eigenvalue weighted by Gasteiger charge is -2.55. The Bertz CT molecular complexity index is 773. The van der Waals surface area contributed by atoms with Gasteiger partial charge in [-0.1, -0.05) is 70.4 Å². The molecule has 2 N–H and O–H groups in total. The van der Waals surface area contributed by atoms with E-state index >= 15 is 0 Å². The summed E-state index contributed by atoms with van der Waals surface area (Å²) in [5.74, 6) is 0.682. The van der Waals surface area contributed by atoms with Gasteiger partial charge in [0.15, 0.2) is 0 Å². The molecular formula is C29H48N2O4. The number of benzene rings is 1. The Balaban J connectivity index is 1.90. The normalized spacial score (nSPS) is 19.9. The number of carbonyl (C=O) groups is 2. The first kappa shape index (κ1) is 29.2. The summed E-state index contributed by atoms with van der Waals surface area (Å²) in [7, 11) is 0. The van der Waals surface area contributed by atoms with E-state index in [1.165, 1.54) is 25.7 Å². The quantitative estimate of drug-likeness (QED) is 0.245. The van der Waals surface area contributed by atoms with Crippen LogP contribution in [-0.2, 0) is 20.9 Å². The van der Waals surface area contributed by atoms with Crippen molar-refractivity contribution in [2.45, 2.75) is 92.3 Å². The fraction of sp³-hybridized carbons (Fsp3) is 0.724. The standard InChI is InChI=1S/C29H48N2O4/c1-7-8-9-13-16-30-20-24-18-25(29(24,5)6)23(17-26(32)35-28(2,3)4)19-31-27(33)34-21-22-14-11-10-12-15-22/h10-12,14-15,23-25,30H,7-9,13,16-21H2,1-6H3,(H,31,33)/t23-,24+,25-/m1/s1. The molecule has 1 aromatic carbocycles. The first-order valence-electron chi connectivity index (χ1n) is 13.4. The van der Waals surface area contributed by atoms with Crippen molar-refractivity contribution in [3.63, 3.8) is 0 Å². The lowest BCUT2D eigenvalue weighted by atomic mass is 9.50. The second-order valence-electron chi connectivity index (χ2n) is 11.6. The van der Waals surface area contributed by atoms with E-state index in [2.05, 4.69) is 31.4 Å². The second-order valence-corrected chi connectivity index (χ2v) is 11.6. The maximum absolute atomic E-state index is 12.7. The van der Waals surface area contributed by atoms with E-state index in [0.29, 0.717) is 24.8 Å². The minimum absolute atomic E-state index is 0.00456. The van der Waals surface area contributed by atoms with Crippen molar-refractivity contribution in [3.05, 3.63) is 35.9 Å². The van der Waals surface area contributed by atoms with Crippen molar-refractivity contribution >= 4 is 12.1 Å². The van der Waals surface area contributed by atoms with Gasteiger partial charge < -0.3 is 20.1 Å². The Hall–Kier alpha value is -2.08. The van der Waals surface area contributed by atoms with Crippen molar-refractivity contribution in [1.29, 1.82) is 0 Å². The largest absolute Gasteiger partial charge is 0.460 e. The monoisotopic (exact) mass is 488 g/mol. The molecule has 35 heavy (non-hydrogen) atoms. The number of amides is 1. The number of hydrogen-bond acceptors (Lipinski definition) is 5. The van der Waals surface area contributed by atoms with Crippen LogP contribution in [0, 0.1) is 23.2 Å². The molecule has 0 bridgehead atoms. The minimum Gasteiger partial charge on any atom is -0.460 e. The first-order valence-corrected chi connectivity index (χ1v) is 13.4. The van der Waals surface area contributed by atoms with E-state index in [-0.39, 0.29) is 23.9 Å². The van der Waals surface area contributed by atoms with Gasteiger partial charge in [0, 0.05) is 6.54 Å². The van der Waals surface area contributed by atoms with Crippen LogP contribution in [0.2, 0.25) is 0 Å². The second kappa shape index (κ2) is 13.9. The van der Waals surface area contributed by atoms with Gasteiger partial charge in [-0.2, -0.15) is 0 Å². The van der Waals surface area contributed by atoms with Gasteiger partial charge in [0.25, 0.3) is 0 Å². The lowest BCUT2D eigenvalue weighted by Crippen LogP contribution is -2.54. The highest BCUT2D eigenvalue weighted by Gasteiger charge is 2.51. The maximum atomic E-state index is 12.7. The molecule has 198 valence electrons. The van der Waals surface area contributed by atoms with Crippen LogP contribution in [0.1, 0.15) is 85.6 Å². The summed E-state index contributed by atoms with van der Waals surface area (Å²) in [5.41, 5.74) is 0.500. The maximum Gasteiger partial charge on any atom is 0.407 e. The third kappa shape index (κ3) is 10.2. The van der Waals surface area contributed by atoms with E-state index in [1.54, 1.807) is 0 Å². The number of hydrogen-bond donors (Lipinski definition) is 2. The van der Waals surface area contributed by atoms with Crippen molar-refractivity contribution < 1.29 is 19.1 Å². The molecule has 6 heteroatoms. The minimum atomic E-state index is -0.525. The number of carbonyl (C=O) groups excluding carboxylic acids is 2. The number of esters is 1. The first-order chi connectivity index (χ1) is 16.5. The molecule has 1 saturated carbocycles. The number of nitrogens with one attached hydrogen (secondary N) is 2. The van der Waals surface area contributed by atoms with Crippen LogP contribution in [0.25, 0.3) is 0 Å². The molecule has 1 aliphatic rings. The summed E-state index contributed by atoms with van der Waals surface area (Å²) in [6.45, 7) is 15.2. The van der Waals surface area contributed by atoms with Gasteiger partial charge in [-0.05, 0) is 75.4 Å². The van der Waals surface area contributed by atoms with Crippen LogP contribution in [0.4, 0.5) is 4.79 Å². The van der Waals surface area contributed by atoms with Crippen molar-refractivity contribution in [2.75, 3.05) is 19.6 Å². The third-order valence-electron chi connectivity index (χ3n) is 7.28. The molecule has 2 rings (SSSR count). The summed E-state index contributed by atoms with van der Waals surface area (Å²) in [6, 6.07) is 9.62. The number of ether oxygens (including phenoxy) is 2. The Kier molecular flexibility index (Phi) is 11.5. The molecule has 0 radical (unpaired) electrons. The van der Waals surface area contributed by atoms with Crippen LogP contribution < -0.4 is 10.6 Å². The number of rotatable bonds is 14. The summed E-state index contributed by atoms with van der Waals surface area (Å²) in [6.07, 6.45) is 5.94. The Morgan fingerprint density at radius 3 is 2.46 bits per heavy atom. The van der Waals surface area contributed by atoms with E-state index in [9.17, 15) is 9.59 Å². The zero-order valence-corrected chi connectivity index (χ0v) is 22.8. The molecule has 1 amide bonds. The molecular weight excluding hydrogens is 440 g/mol. The lowest BCUT2D eigenvalue weighted by molar-refractivity contribution is -0.158. The molecule has 0 aliphatic heterocycles. The van der Waals surface area contributed by atoms with Crippen molar-refractivity contribution in [2.24, 2.45) is 23.2 Å². The van der Waals surface area contributed by atoms with Gasteiger partial charge >= 0.3 is 12.1 Å². The number of unbranched alkanes of at least 4 members (excludes halogenated alkanes) is 3. The van der Waals surface area contributed by atoms with Gasteiger partial charge in [-0.15, -0.1) is 0 Å². The van der Waals surface area contributed by atoms with E-state index in [1.807, 2.05) is 51.1 Å². The molecule has 0 unspecified atom stereocenters. The topological polar surface area (TPSA) is 76.7 Å². The van der Waals surface area contributed by atoms with Crippen LogP contribution in [0.3, 0.4) is 0 Å². The van der Waals surface area contributed by atoms with E-state index in [0.717, 1.165) is 25.1 Å². The van der Waals surface area contributed by atoms with Crippen LogP contribution >= 0.6 is 0 Å². The van der Waals surface area contributed by atoms with Gasteiger partial charge in [-0.3, -0.25) is 4.79 Å². The van der Waals surface area contributed by atoms with Gasteiger partial charge in [0.2, 0.25) is 0 Å². The predicted octanol–water partition coefficient (Wildman–Crippen LogP) is 6.09. The summed E-state index contributed by atoms with van der Waals surface area (Å²) < 4.78 is 11.0. The fourth-order valence-electron chi connectivity index (χ4n) is 5.10. The smallest absolute Gasteiger partial charge is 0.407 e. The molecule has 0 saturated heterocycles. The van der Waals surface area contributed by atoms with E-state index in [4.69, 9.17) is 9.47 Å². The van der Waals surface area contributed by atoms with Gasteiger partial charge in [0.05, 0.1) is 6.42 Å². The van der Waals surface area contributed by atoms with Gasteiger partial charge in [0.1, 0.15) is 12.2 Å². The Morgan fingerprint density at radius 1 is 1.11 bits per heavy atom. The van der Waals surface area contributed by atoms with Crippen molar-refractivity contribution in [3.8, 4) is 0 Å². The highest BCUT2D eigenvalue weighted by atomic mass is 16.6. The average Bonchev–Trinajstić information content (AvgIpc) is 2.78. The van der Waals surface area contributed by atoms with Gasteiger partial charge in [-0.25, -0.2) is 4.79 Å². The predicted molar refractivity (Wildman–Crippen MR) is 141 cm³/mol. The third-order valence-corrected chi connectivity index (χ3v) is 7.28. The highest BCUT2D eigenvalue weighted by molar-refractivity contribution is 5.71. The molecule has 1 aliphatic carbocycles. The highest BCUT2D eigenvalue weighted by Crippen LogP contribution is 2.55. The van der Waals surface area contributed by atoms with Crippen LogP contribution in [0.5, 0.6) is 0 Å². The molecule has 0 heterocycles. The Labute approximate surface area is 212 Å². The summed E-state index contributed by atoms with van der Waals surface area (Å²) >= 11 is 0. The average molecular weight is 489 g/mol. The molecule has 6 nitrogen and oxygen atoms in total. The molecule has 1 aromatic rings. The molecule has 0 spiro atoms. The number of alkyl carbamates (subject to hydrolysis) is 1.